The molecule has 1 atom stereocenters. The van der Waals surface area contributed by atoms with Crippen molar-refractivity contribution >= 4 is 13.4 Å². The lowest BCUT2D eigenvalue weighted by molar-refractivity contribution is 0.169. The standard InChI is InChI=1S/C11H18N3O5P/c1-2-19-20(16,17)9-18-8-4-3-6-14-7-5-10(12)13-11(14)15/h3-5,7H,2,6,8-9H2,1H3,(H,16,17)(H2,12,13,15)/b4-3-. The Morgan fingerprint density at radius 3 is 2.95 bits per heavy atom. The molecule has 0 spiro atoms. The predicted octanol–water partition coefficient (Wildman–Crippen LogP) is 0.578. The van der Waals surface area contributed by atoms with Crippen LogP contribution in [0.25, 0.3) is 0 Å². The SMILES string of the molecule is CCOP(=O)(O)COC/C=C\Cn1ccc(N)nc1=O. The van der Waals surface area contributed by atoms with Gasteiger partial charge in [-0.1, -0.05) is 12.2 Å². The molecule has 1 aromatic rings. The van der Waals surface area contributed by atoms with Crippen molar-refractivity contribution in [3.8, 4) is 0 Å². The second-order valence-corrected chi connectivity index (χ2v) is 5.61. The number of ether oxygens (including phenoxy) is 1. The van der Waals surface area contributed by atoms with Crippen LogP contribution in [-0.4, -0.2) is 34.0 Å². The molecule has 0 amide bonds. The molecule has 1 rings (SSSR count). The van der Waals surface area contributed by atoms with E-state index in [-0.39, 0.29) is 25.4 Å². The Labute approximate surface area is 116 Å². The summed E-state index contributed by atoms with van der Waals surface area (Å²) in [4.78, 5) is 24.2. The van der Waals surface area contributed by atoms with E-state index in [1.165, 1.54) is 16.8 Å². The molecule has 0 aliphatic rings. The summed E-state index contributed by atoms with van der Waals surface area (Å²) in [5, 5.41) is 0. The molecular formula is C11H18N3O5P. The van der Waals surface area contributed by atoms with Crippen LogP contribution in [0.5, 0.6) is 0 Å². The summed E-state index contributed by atoms with van der Waals surface area (Å²) in [6.07, 6.45) is 4.48. The minimum absolute atomic E-state index is 0.148. The average Bonchev–Trinajstić information content (AvgIpc) is 2.35. The van der Waals surface area contributed by atoms with E-state index < -0.39 is 13.3 Å². The summed E-state index contributed by atoms with van der Waals surface area (Å²) in [6.45, 7) is 2.24. The van der Waals surface area contributed by atoms with E-state index >= 15 is 0 Å². The maximum atomic E-state index is 11.4. The third-order valence-corrected chi connectivity index (χ3v) is 3.33. The van der Waals surface area contributed by atoms with Crippen LogP contribution >= 0.6 is 7.60 Å². The molecule has 112 valence electrons. The second-order valence-electron chi connectivity index (χ2n) is 3.81. The lowest BCUT2D eigenvalue weighted by Gasteiger charge is -2.09. The van der Waals surface area contributed by atoms with Gasteiger partial charge >= 0.3 is 13.3 Å². The summed E-state index contributed by atoms with van der Waals surface area (Å²) in [7, 11) is -3.65. The third kappa shape index (κ3) is 6.12. The van der Waals surface area contributed by atoms with E-state index in [1.807, 2.05) is 0 Å². The quantitative estimate of drug-likeness (QED) is 0.410. The summed E-state index contributed by atoms with van der Waals surface area (Å²) in [5.74, 6) is 0.174. The summed E-state index contributed by atoms with van der Waals surface area (Å²) in [6, 6.07) is 1.52. The van der Waals surface area contributed by atoms with Crippen molar-refractivity contribution in [1.82, 2.24) is 9.55 Å². The van der Waals surface area contributed by atoms with Gasteiger partial charge in [-0.2, -0.15) is 4.98 Å². The monoisotopic (exact) mass is 303 g/mol. The molecule has 0 bridgehead atoms. The van der Waals surface area contributed by atoms with Crippen molar-refractivity contribution in [3.63, 3.8) is 0 Å². The van der Waals surface area contributed by atoms with Gasteiger partial charge in [0.1, 0.15) is 12.2 Å². The Morgan fingerprint density at radius 2 is 2.30 bits per heavy atom. The first kappa shape index (κ1) is 16.6. The Hall–Kier alpha value is -1.47. The molecule has 0 saturated heterocycles. The van der Waals surface area contributed by atoms with Crippen LogP contribution < -0.4 is 11.4 Å². The highest BCUT2D eigenvalue weighted by atomic mass is 31.2. The van der Waals surface area contributed by atoms with Crippen molar-refractivity contribution in [2.24, 2.45) is 0 Å². The van der Waals surface area contributed by atoms with Gasteiger partial charge in [0, 0.05) is 12.7 Å². The van der Waals surface area contributed by atoms with E-state index in [9.17, 15) is 14.3 Å². The fraction of sp³-hybridized carbons (Fsp3) is 0.455. The first-order chi connectivity index (χ1) is 9.44. The van der Waals surface area contributed by atoms with E-state index in [1.54, 1.807) is 19.1 Å². The number of aromatic nitrogens is 2. The van der Waals surface area contributed by atoms with E-state index in [4.69, 9.17) is 10.5 Å². The number of hydrogen-bond acceptors (Lipinski definition) is 6. The third-order valence-electron chi connectivity index (χ3n) is 2.16. The molecule has 1 unspecified atom stereocenters. The first-order valence-electron chi connectivity index (χ1n) is 5.96. The zero-order valence-electron chi connectivity index (χ0n) is 11.1. The molecule has 1 aromatic heterocycles. The highest BCUT2D eigenvalue weighted by Gasteiger charge is 2.17. The van der Waals surface area contributed by atoms with Crippen molar-refractivity contribution in [1.29, 1.82) is 0 Å². The summed E-state index contributed by atoms with van der Waals surface area (Å²) >= 11 is 0. The highest BCUT2D eigenvalue weighted by Crippen LogP contribution is 2.41. The van der Waals surface area contributed by atoms with Gasteiger partial charge in [-0.15, -0.1) is 0 Å². The Balaban J connectivity index is 2.32. The molecule has 0 aliphatic carbocycles. The van der Waals surface area contributed by atoms with E-state index in [0.29, 0.717) is 6.54 Å². The molecule has 1 heterocycles. The fourth-order valence-corrected chi connectivity index (χ4v) is 2.13. The molecular weight excluding hydrogens is 285 g/mol. The number of nitrogen functional groups attached to an aromatic ring is 1. The average molecular weight is 303 g/mol. The first-order valence-corrected chi connectivity index (χ1v) is 7.73. The van der Waals surface area contributed by atoms with Gasteiger partial charge in [-0.25, -0.2) is 4.79 Å². The van der Waals surface area contributed by atoms with Crippen LogP contribution in [-0.2, 0) is 20.4 Å². The van der Waals surface area contributed by atoms with Gasteiger partial charge in [0.25, 0.3) is 0 Å². The Bertz CT molecular complexity index is 557. The molecule has 0 fully saturated rings. The smallest absolute Gasteiger partial charge is 0.353 e. The minimum atomic E-state index is -3.65. The Morgan fingerprint density at radius 1 is 1.55 bits per heavy atom. The van der Waals surface area contributed by atoms with Gasteiger partial charge in [0.05, 0.1) is 13.2 Å². The van der Waals surface area contributed by atoms with Crippen molar-refractivity contribution in [3.05, 3.63) is 34.9 Å². The van der Waals surface area contributed by atoms with Gasteiger partial charge in [-0.3, -0.25) is 9.13 Å². The molecule has 9 heteroatoms. The number of rotatable bonds is 8. The van der Waals surface area contributed by atoms with Crippen molar-refractivity contribution in [2.45, 2.75) is 13.5 Å². The Kier molecular flexibility index (Phi) is 6.60. The molecule has 0 radical (unpaired) electrons. The van der Waals surface area contributed by atoms with E-state index in [0.717, 1.165) is 0 Å². The minimum Gasteiger partial charge on any atom is -0.383 e. The summed E-state index contributed by atoms with van der Waals surface area (Å²) < 4.78 is 22.2. The number of nitrogens with two attached hydrogens (primary N) is 1. The number of nitrogens with zero attached hydrogens (tertiary/aromatic N) is 2. The number of anilines is 1. The van der Waals surface area contributed by atoms with Crippen LogP contribution in [0.3, 0.4) is 0 Å². The highest BCUT2D eigenvalue weighted by molar-refractivity contribution is 7.52. The van der Waals surface area contributed by atoms with Crippen LogP contribution in [0.1, 0.15) is 6.92 Å². The maximum Gasteiger partial charge on any atom is 0.353 e. The molecule has 20 heavy (non-hydrogen) atoms. The van der Waals surface area contributed by atoms with Crippen molar-refractivity contribution < 1.29 is 18.7 Å². The molecule has 8 nitrogen and oxygen atoms in total. The largest absolute Gasteiger partial charge is 0.383 e. The van der Waals surface area contributed by atoms with Crippen LogP contribution in [0, 0.1) is 0 Å². The topological polar surface area (TPSA) is 117 Å². The second kappa shape index (κ2) is 7.96. The van der Waals surface area contributed by atoms with Crippen LogP contribution in [0.4, 0.5) is 5.82 Å². The van der Waals surface area contributed by atoms with Gasteiger partial charge in [0.2, 0.25) is 0 Å². The summed E-state index contributed by atoms with van der Waals surface area (Å²) in [5.41, 5.74) is 4.92. The van der Waals surface area contributed by atoms with Gasteiger partial charge in [-0.05, 0) is 13.0 Å². The lowest BCUT2D eigenvalue weighted by atomic mass is 10.5. The predicted molar refractivity (Wildman–Crippen MR) is 74.3 cm³/mol. The normalized spacial score (nSPS) is 14.5. The van der Waals surface area contributed by atoms with Crippen LogP contribution in [0.2, 0.25) is 0 Å². The lowest BCUT2D eigenvalue weighted by Crippen LogP contribution is -2.22. The fourth-order valence-electron chi connectivity index (χ4n) is 1.31. The van der Waals surface area contributed by atoms with Crippen molar-refractivity contribution in [2.75, 3.05) is 25.3 Å². The molecule has 0 aromatic carbocycles. The maximum absolute atomic E-state index is 11.4. The van der Waals surface area contributed by atoms with Gasteiger partial charge in [0.15, 0.2) is 0 Å². The molecule has 3 N–H and O–H groups in total. The number of allylic oxidation sites excluding steroid dienone is 1. The molecule has 0 saturated carbocycles. The number of hydrogen-bond donors (Lipinski definition) is 2. The molecule has 0 aliphatic heterocycles. The van der Waals surface area contributed by atoms with E-state index in [2.05, 4.69) is 9.51 Å². The zero-order valence-corrected chi connectivity index (χ0v) is 12.0. The zero-order chi connectivity index (χ0) is 15.0. The van der Waals surface area contributed by atoms with Gasteiger partial charge < -0.3 is 19.9 Å². The van der Waals surface area contributed by atoms with Crippen LogP contribution in [0.15, 0.2) is 29.2 Å².